The third kappa shape index (κ3) is 3.19. The van der Waals surface area contributed by atoms with E-state index in [4.69, 9.17) is 11.6 Å². The van der Waals surface area contributed by atoms with Crippen LogP contribution in [0.15, 0.2) is 41.3 Å². The summed E-state index contributed by atoms with van der Waals surface area (Å²) in [4.78, 5) is 9.75. The predicted molar refractivity (Wildman–Crippen MR) is 70.9 cm³/mol. The Hall–Kier alpha value is -2.26. The Morgan fingerprint density at radius 3 is 2.25 bits per heavy atom. The molecule has 2 rings (SSSR count). The van der Waals surface area contributed by atoms with Gasteiger partial charge in [-0.2, -0.15) is 0 Å². The minimum Gasteiger partial charge on any atom is -0.262 e. The summed E-state index contributed by atoms with van der Waals surface area (Å²) in [6, 6.07) is 7.18. The first-order valence-corrected chi connectivity index (χ1v) is 7.01. The fraction of sp³-hybridized carbons (Fsp3) is 0. The molecule has 20 heavy (non-hydrogen) atoms. The Bertz CT molecular complexity index is 731. The average Bonchev–Trinajstić information content (AvgIpc) is 2.41. The van der Waals surface area contributed by atoms with Crippen LogP contribution < -0.4 is 4.72 Å². The van der Waals surface area contributed by atoms with Gasteiger partial charge < -0.3 is 0 Å². The topological polar surface area (TPSA) is 115 Å². The third-order valence-corrected chi connectivity index (χ3v) is 3.80. The van der Waals surface area contributed by atoms with Crippen LogP contribution in [-0.4, -0.2) is 23.5 Å². The van der Waals surface area contributed by atoms with Gasteiger partial charge in [-0.15, -0.1) is 10.2 Å². The van der Waals surface area contributed by atoms with Crippen molar-refractivity contribution in [2.75, 3.05) is 4.72 Å². The maximum atomic E-state index is 12.0. The molecule has 0 bridgehead atoms. The first kappa shape index (κ1) is 14.2. The van der Waals surface area contributed by atoms with Crippen LogP contribution in [0.2, 0.25) is 5.15 Å². The van der Waals surface area contributed by atoms with E-state index in [-0.39, 0.29) is 21.6 Å². The van der Waals surface area contributed by atoms with Crippen LogP contribution in [0.3, 0.4) is 0 Å². The minimum atomic E-state index is -3.89. The smallest absolute Gasteiger partial charge is 0.262 e. The van der Waals surface area contributed by atoms with E-state index in [9.17, 15) is 18.5 Å². The normalized spacial score (nSPS) is 11.1. The summed E-state index contributed by atoms with van der Waals surface area (Å²) in [6.07, 6.45) is 0. The summed E-state index contributed by atoms with van der Waals surface area (Å²) < 4.78 is 26.2. The highest BCUT2D eigenvalue weighted by Gasteiger charge is 2.16. The van der Waals surface area contributed by atoms with Crippen LogP contribution in [0, 0.1) is 10.1 Å². The van der Waals surface area contributed by atoms with Crippen LogP contribution in [0.4, 0.5) is 11.5 Å². The van der Waals surface area contributed by atoms with Crippen molar-refractivity contribution < 1.29 is 13.3 Å². The molecule has 1 aromatic heterocycles. The van der Waals surface area contributed by atoms with E-state index in [0.29, 0.717) is 0 Å². The van der Waals surface area contributed by atoms with Crippen LogP contribution >= 0.6 is 11.6 Å². The lowest BCUT2D eigenvalue weighted by Crippen LogP contribution is -2.14. The van der Waals surface area contributed by atoms with Gasteiger partial charge in [0, 0.05) is 12.1 Å². The number of aromatic nitrogens is 2. The van der Waals surface area contributed by atoms with E-state index in [1.807, 2.05) is 0 Å². The molecular weight excluding hydrogens is 308 g/mol. The van der Waals surface area contributed by atoms with E-state index in [1.165, 1.54) is 12.1 Å². The summed E-state index contributed by atoms with van der Waals surface area (Å²) in [5, 5.41) is 17.7. The molecule has 0 aliphatic heterocycles. The lowest BCUT2D eigenvalue weighted by Gasteiger charge is -2.06. The SMILES string of the molecule is O=[N+]([O-])c1ccc(S(=O)(=O)Nc2ccc(Cl)nn2)cc1. The van der Waals surface area contributed by atoms with E-state index in [2.05, 4.69) is 14.9 Å². The maximum absolute atomic E-state index is 12.0. The van der Waals surface area contributed by atoms with Gasteiger partial charge in [0.1, 0.15) is 0 Å². The zero-order valence-electron chi connectivity index (χ0n) is 9.72. The fourth-order valence-corrected chi connectivity index (χ4v) is 2.41. The Morgan fingerprint density at radius 2 is 1.75 bits per heavy atom. The molecule has 1 aromatic carbocycles. The number of sulfonamides is 1. The summed E-state index contributed by atoms with van der Waals surface area (Å²) in [5.41, 5.74) is -0.199. The van der Waals surface area contributed by atoms with Gasteiger partial charge in [0.15, 0.2) is 11.0 Å². The number of hydrogen-bond acceptors (Lipinski definition) is 6. The zero-order chi connectivity index (χ0) is 14.8. The number of halogens is 1. The Labute approximate surface area is 118 Å². The summed E-state index contributed by atoms with van der Waals surface area (Å²) in [7, 11) is -3.89. The van der Waals surface area contributed by atoms with Gasteiger partial charge >= 0.3 is 0 Å². The third-order valence-electron chi connectivity index (χ3n) is 2.23. The Kier molecular flexibility index (Phi) is 3.81. The number of rotatable bonds is 4. The van der Waals surface area contributed by atoms with Gasteiger partial charge in [-0.05, 0) is 24.3 Å². The van der Waals surface area contributed by atoms with Crippen LogP contribution in [0.5, 0.6) is 0 Å². The van der Waals surface area contributed by atoms with E-state index < -0.39 is 14.9 Å². The number of benzene rings is 1. The maximum Gasteiger partial charge on any atom is 0.269 e. The molecule has 0 fully saturated rings. The molecule has 0 saturated heterocycles. The largest absolute Gasteiger partial charge is 0.269 e. The molecule has 104 valence electrons. The number of nitro groups is 1. The molecule has 2 aromatic rings. The molecule has 0 amide bonds. The molecule has 10 heteroatoms. The number of non-ortho nitro benzene ring substituents is 1. The Morgan fingerprint density at radius 1 is 1.10 bits per heavy atom. The molecule has 0 atom stereocenters. The lowest BCUT2D eigenvalue weighted by molar-refractivity contribution is -0.384. The number of nitrogens with zero attached hydrogens (tertiary/aromatic N) is 3. The second kappa shape index (κ2) is 5.39. The van der Waals surface area contributed by atoms with Crippen LogP contribution in [-0.2, 0) is 10.0 Å². The zero-order valence-corrected chi connectivity index (χ0v) is 11.3. The summed E-state index contributed by atoms with van der Waals surface area (Å²) in [5.74, 6) is -0.00671. The van der Waals surface area contributed by atoms with Crippen molar-refractivity contribution >= 4 is 33.1 Å². The van der Waals surface area contributed by atoms with Crippen LogP contribution in [0.1, 0.15) is 0 Å². The van der Waals surface area contributed by atoms with Crippen molar-refractivity contribution in [1.29, 1.82) is 0 Å². The molecule has 8 nitrogen and oxygen atoms in total. The van der Waals surface area contributed by atoms with Gasteiger partial charge in [-0.3, -0.25) is 14.8 Å². The number of anilines is 1. The predicted octanol–water partition coefficient (Wildman–Crippen LogP) is 1.84. The van der Waals surface area contributed by atoms with E-state index in [0.717, 1.165) is 24.3 Å². The first-order valence-electron chi connectivity index (χ1n) is 5.15. The highest BCUT2D eigenvalue weighted by Crippen LogP contribution is 2.18. The average molecular weight is 315 g/mol. The quantitative estimate of drug-likeness (QED) is 0.680. The molecule has 1 N–H and O–H groups in total. The minimum absolute atomic E-state index is 0.00671. The molecule has 0 saturated carbocycles. The summed E-state index contributed by atoms with van der Waals surface area (Å²) in [6.45, 7) is 0. The first-order chi connectivity index (χ1) is 9.38. The number of nitrogens with one attached hydrogen (secondary N) is 1. The van der Waals surface area contributed by atoms with E-state index >= 15 is 0 Å². The van der Waals surface area contributed by atoms with Crippen molar-refractivity contribution in [3.63, 3.8) is 0 Å². The Balaban J connectivity index is 2.26. The van der Waals surface area contributed by atoms with Crippen molar-refractivity contribution in [3.8, 4) is 0 Å². The van der Waals surface area contributed by atoms with Crippen molar-refractivity contribution in [3.05, 3.63) is 51.7 Å². The van der Waals surface area contributed by atoms with Crippen molar-refractivity contribution in [2.24, 2.45) is 0 Å². The molecule has 0 spiro atoms. The highest BCUT2D eigenvalue weighted by molar-refractivity contribution is 7.92. The monoisotopic (exact) mass is 314 g/mol. The van der Waals surface area contributed by atoms with Gasteiger partial charge in [-0.25, -0.2) is 8.42 Å². The standard InChI is InChI=1S/C10H7ClN4O4S/c11-9-5-6-10(13-12-9)14-20(18,19)8-3-1-7(2-4-8)15(16)17/h1-6H,(H,13,14). The molecule has 1 heterocycles. The van der Waals surface area contributed by atoms with Crippen molar-refractivity contribution in [2.45, 2.75) is 4.90 Å². The highest BCUT2D eigenvalue weighted by atomic mass is 35.5. The lowest BCUT2D eigenvalue weighted by atomic mass is 10.3. The number of nitro benzene ring substituents is 1. The second-order valence-electron chi connectivity index (χ2n) is 3.60. The molecule has 0 unspecified atom stereocenters. The number of hydrogen-bond donors (Lipinski definition) is 1. The van der Waals surface area contributed by atoms with Gasteiger partial charge in [0.2, 0.25) is 0 Å². The molecule has 0 aliphatic carbocycles. The van der Waals surface area contributed by atoms with Gasteiger partial charge in [-0.1, -0.05) is 11.6 Å². The van der Waals surface area contributed by atoms with E-state index in [1.54, 1.807) is 0 Å². The van der Waals surface area contributed by atoms with Crippen molar-refractivity contribution in [1.82, 2.24) is 10.2 Å². The molecular formula is C10H7ClN4O4S. The fourth-order valence-electron chi connectivity index (χ4n) is 1.31. The second-order valence-corrected chi connectivity index (χ2v) is 5.67. The molecule has 0 radical (unpaired) electrons. The van der Waals surface area contributed by atoms with Gasteiger partial charge in [0.05, 0.1) is 9.82 Å². The van der Waals surface area contributed by atoms with Crippen LogP contribution in [0.25, 0.3) is 0 Å². The van der Waals surface area contributed by atoms with Gasteiger partial charge in [0.25, 0.3) is 15.7 Å². The molecule has 0 aliphatic rings. The summed E-state index contributed by atoms with van der Waals surface area (Å²) >= 11 is 5.53.